The van der Waals surface area contributed by atoms with E-state index in [1.807, 2.05) is 0 Å². The number of carbonyl (C=O) groups excluding carboxylic acids is 1. The molecule has 0 aliphatic heterocycles. The number of esters is 1. The number of likely N-dealkylation sites (N-methyl/N-ethyl adjacent to an activating group) is 1. The molecule has 8 heteroatoms. The van der Waals surface area contributed by atoms with Gasteiger partial charge in [-0.25, -0.2) is 9.78 Å². The molecule has 0 aliphatic carbocycles. The molecule has 190 valence electrons. The molecule has 0 fully saturated rings. The van der Waals surface area contributed by atoms with Crippen LogP contribution in [0.25, 0.3) is 0 Å². The zero-order chi connectivity index (χ0) is 24.4. The Bertz CT molecular complexity index is 633. The molecule has 1 heterocycles. The summed E-state index contributed by atoms with van der Waals surface area (Å²) in [6.07, 6.45) is 18.1. The molecule has 0 radical (unpaired) electrons. The molecule has 1 aromatic heterocycles. The number of quaternary nitrogens is 1. The number of aliphatic hydroxyl groups is 2. The van der Waals surface area contributed by atoms with Crippen LogP contribution in [0.4, 0.5) is 5.95 Å². The normalized spacial score (nSPS) is 11.7. The Morgan fingerprint density at radius 1 is 0.727 bits per heavy atom. The van der Waals surface area contributed by atoms with Crippen LogP contribution in [0.5, 0.6) is 0 Å². The van der Waals surface area contributed by atoms with E-state index in [0.717, 1.165) is 12.8 Å². The van der Waals surface area contributed by atoms with E-state index in [2.05, 4.69) is 21.9 Å². The van der Waals surface area contributed by atoms with E-state index in [1.54, 1.807) is 14.1 Å². The highest BCUT2D eigenvalue weighted by Gasteiger charge is 2.28. The van der Waals surface area contributed by atoms with Crippen LogP contribution < -0.4 is 4.48 Å². The number of hydrogen-bond acceptors (Lipinski definition) is 7. The SMILES string of the molecule is CCCCCCCCCCCCCCCCOC(=O)C[N+](C)(C)c1nc(CO)nc(CO)n1. The molecule has 1 rings (SSSR count). The Morgan fingerprint density at radius 2 is 1.15 bits per heavy atom. The molecule has 2 N–H and O–H groups in total. The van der Waals surface area contributed by atoms with Gasteiger partial charge in [0.25, 0.3) is 0 Å². The van der Waals surface area contributed by atoms with Crippen molar-refractivity contribution >= 4 is 11.9 Å². The molecule has 0 saturated heterocycles. The lowest BCUT2D eigenvalue weighted by molar-refractivity contribution is -0.144. The zero-order valence-electron chi connectivity index (χ0n) is 21.2. The quantitative estimate of drug-likeness (QED) is 0.166. The van der Waals surface area contributed by atoms with Gasteiger partial charge in [-0.2, -0.15) is 9.97 Å². The summed E-state index contributed by atoms with van der Waals surface area (Å²) in [7, 11) is 3.57. The van der Waals surface area contributed by atoms with Crippen molar-refractivity contribution in [2.45, 2.75) is 110 Å². The second kappa shape index (κ2) is 17.8. The van der Waals surface area contributed by atoms with Crippen LogP contribution in [-0.2, 0) is 22.7 Å². The van der Waals surface area contributed by atoms with Gasteiger partial charge in [0, 0.05) is 0 Å². The number of carbonyl (C=O) groups is 1. The Morgan fingerprint density at radius 3 is 1.58 bits per heavy atom. The van der Waals surface area contributed by atoms with Crippen LogP contribution in [0.2, 0.25) is 0 Å². The molecule has 0 amide bonds. The average molecular weight is 468 g/mol. The molecule has 0 bridgehead atoms. The van der Waals surface area contributed by atoms with E-state index >= 15 is 0 Å². The first-order valence-corrected chi connectivity index (χ1v) is 12.9. The van der Waals surface area contributed by atoms with Crippen molar-refractivity contribution in [1.82, 2.24) is 19.4 Å². The molecular formula is C25H47N4O4+. The second-order valence-electron chi connectivity index (χ2n) is 9.44. The molecule has 1 aromatic rings. The lowest BCUT2D eigenvalue weighted by Crippen LogP contribution is -2.47. The van der Waals surface area contributed by atoms with Gasteiger partial charge in [0.2, 0.25) is 0 Å². The van der Waals surface area contributed by atoms with Crippen molar-refractivity contribution in [1.29, 1.82) is 0 Å². The predicted octanol–water partition coefficient (Wildman–Crippen LogP) is 4.45. The number of ether oxygens (including phenoxy) is 1. The summed E-state index contributed by atoms with van der Waals surface area (Å²) in [6.45, 7) is 2.05. The molecule has 0 spiro atoms. The molecular weight excluding hydrogens is 420 g/mol. The molecule has 0 unspecified atom stereocenters. The summed E-state index contributed by atoms with van der Waals surface area (Å²) in [6, 6.07) is 0. The fourth-order valence-corrected chi connectivity index (χ4v) is 3.79. The van der Waals surface area contributed by atoms with Crippen LogP contribution in [0, 0.1) is 0 Å². The first-order chi connectivity index (χ1) is 15.9. The van der Waals surface area contributed by atoms with E-state index in [-0.39, 0.29) is 41.9 Å². The molecule has 0 aromatic carbocycles. The van der Waals surface area contributed by atoms with Gasteiger partial charge >= 0.3 is 11.9 Å². The van der Waals surface area contributed by atoms with Gasteiger partial charge in [0.1, 0.15) is 13.2 Å². The molecule has 8 nitrogen and oxygen atoms in total. The van der Waals surface area contributed by atoms with Crippen molar-refractivity contribution in [3.8, 4) is 0 Å². The third-order valence-corrected chi connectivity index (χ3v) is 5.83. The first kappa shape index (κ1) is 29.4. The van der Waals surface area contributed by atoms with Gasteiger partial charge in [-0.15, -0.1) is 0 Å². The van der Waals surface area contributed by atoms with Crippen molar-refractivity contribution in [3.05, 3.63) is 11.6 Å². The summed E-state index contributed by atoms with van der Waals surface area (Å²) < 4.78 is 5.45. The average Bonchev–Trinajstić information content (AvgIpc) is 2.80. The number of rotatable bonds is 20. The molecule has 0 saturated carbocycles. The van der Waals surface area contributed by atoms with Gasteiger partial charge < -0.3 is 14.9 Å². The van der Waals surface area contributed by atoms with Crippen molar-refractivity contribution in [3.63, 3.8) is 0 Å². The monoisotopic (exact) mass is 467 g/mol. The maximum absolute atomic E-state index is 12.3. The largest absolute Gasteiger partial charge is 0.462 e. The fraction of sp³-hybridized carbons (Fsp3) is 0.840. The van der Waals surface area contributed by atoms with E-state index < -0.39 is 0 Å². The highest BCUT2D eigenvalue weighted by molar-refractivity contribution is 5.73. The second-order valence-corrected chi connectivity index (χ2v) is 9.44. The minimum Gasteiger partial charge on any atom is -0.462 e. The number of hydrogen-bond donors (Lipinski definition) is 2. The summed E-state index contributed by atoms with van der Waals surface area (Å²) in [5.41, 5.74) is 0. The number of aromatic nitrogens is 3. The molecule has 0 atom stereocenters. The third-order valence-electron chi connectivity index (χ3n) is 5.83. The highest BCUT2D eigenvalue weighted by Crippen LogP contribution is 2.15. The number of aliphatic hydroxyl groups excluding tert-OH is 2. The van der Waals surface area contributed by atoms with Gasteiger partial charge in [0.05, 0.1) is 20.7 Å². The summed E-state index contributed by atoms with van der Waals surface area (Å²) in [5, 5.41) is 18.6. The summed E-state index contributed by atoms with van der Waals surface area (Å²) in [4.78, 5) is 24.6. The third kappa shape index (κ3) is 13.6. The molecule has 0 aliphatic rings. The van der Waals surface area contributed by atoms with Crippen molar-refractivity contribution in [2.24, 2.45) is 0 Å². The maximum Gasteiger partial charge on any atom is 0.362 e. The minimum absolute atomic E-state index is 0.0556. The number of unbranched alkanes of at least 4 members (excludes halogenated alkanes) is 13. The van der Waals surface area contributed by atoms with E-state index in [4.69, 9.17) is 4.74 Å². The van der Waals surface area contributed by atoms with Gasteiger partial charge in [-0.1, -0.05) is 90.4 Å². The van der Waals surface area contributed by atoms with E-state index in [0.29, 0.717) is 12.6 Å². The van der Waals surface area contributed by atoms with Gasteiger partial charge in [-0.05, 0) is 6.42 Å². The van der Waals surface area contributed by atoms with Gasteiger partial charge in [0.15, 0.2) is 18.2 Å². The Hall–Kier alpha value is -1.64. The Labute approximate surface area is 200 Å². The Kier molecular flexibility index (Phi) is 15.8. The summed E-state index contributed by atoms with van der Waals surface area (Å²) in [5.74, 6) is 0.342. The van der Waals surface area contributed by atoms with Crippen molar-refractivity contribution in [2.75, 3.05) is 27.2 Å². The van der Waals surface area contributed by atoms with E-state index in [9.17, 15) is 15.0 Å². The zero-order valence-corrected chi connectivity index (χ0v) is 21.2. The Balaban J connectivity index is 2.09. The van der Waals surface area contributed by atoms with Crippen LogP contribution in [0.3, 0.4) is 0 Å². The van der Waals surface area contributed by atoms with Crippen LogP contribution >= 0.6 is 0 Å². The highest BCUT2D eigenvalue weighted by atomic mass is 16.5. The maximum atomic E-state index is 12.3. The smallest absolute Gasteiger partial charge is 0.362 e. The summed E-state index contributed by atoms with van der Waals surface area (Å²) >= 11 is 0. The van der Waals surface area contributed by atoms with Crippen LogP contribution in [-0.4, -0.2) is 58.4 Å². The lowest BCUT2D eigenvalue weighted by atomic mass is 10.0. The first-order valence-electron chi connectivity index (χ1n) is 12.9. The molecule has 33 heavy (non-hydrogen) atoms. The standard InChI is InChI=1S/C25H47N4O4/c1-4-5-6-7-8-9-10-11-12-13-14-15-16-17-18-33-24(32)19-29(2,3)25-27-22(20-30)26-23(21-31)28-25/h30-31H,4-21H2,1-3H3/q+1. The van der Waals surface area contributed by atoms with E-state index in [1.165, 1.54) is 77.0 Å². The van der Waals surface area contributed by atoms with Crippen LogP contribution in [0.1, 0.15) is 108 Å². The minimum atomic E-state index is -0.355. The fourth-order valence-electron chi connectivity index (χ4n) is 3.79. The van der Waals surface area contributed by atoms with Crippen LogP contribution in [0.15, 0.2) is 0 Å². The van der Waals surface area contributed by atoms with Gasteiger partial charge in [-0.3, -0.25) is 4.48 Å². The van der Waals surface area contributed by atoms with Crippen molar-refractivity contribution < 1.29 is 19.7 Å². The lowest BCUT2D eigenvalue weighted by Gasteiger charge is -2.25. The topological polar surface area (TPSA) is 105 Å². The predicted molar refractivity (Wildman–Crippen MR) is 131 cm³/mol. The number of nitrogens with zero attached hydrogens (tertiary/aromatic N) is 4.